The third-order valence-corrected chi connectivity index (χ3v) is 3.36. The van der Waals surface area contributed by atoms with Crippen molar-refractivity contribution in [2.24, 2.45) is 0 Å². The quantitative estimate of drug-likeness (QED) is 0.848. The van der Waals surface area contributed by atoms with Crippen molar-refractivity contribution in [3.05, 3.63) is 23.9 Å². The third kappa shape index (κ3) is 3.80. The van der Waals surface area contributed by atoms with E-state index in [1.807, 2.05) is 18.2 Å². The standard InChI is InChI=1S/C11H15N3S/c1-11(2,15-3)8-13-10-6-4-5-9(7-12)14-10/h4-6H,8H2,1-3H3,(H,13,14). The number of anilines is 1. The summed E-state index contributed by atoms with van der Waals surface area (Å²) in [7, 11) is 0. The zero-order chi connectivity index (χ0) is 11.3. The number of hydrogen-bond acceptors (Lipinski definition) is 4. The van der Waals surface area contributed by atoms with Gasteiger partial charge in [0, 0.05) is 11.3 Å². The molecule has 1 heterocycles. The van der Waals surface area contributed by atoms with E-state index in [0.29, 0.717) is 5.69 Å². The fourth-order valence-electron chi connectivity index (χ4n) is 0.971. The van der Waals surface area contributed by atoms with Crippen LogP contribution in [-0.2, 0) is 0 Å². The van der Waals surface area contributed by atoms with E-state index in [1.165, 1.54) is 0 Å². The van der Waals surface area contributed by atoms with Crippen molar-refractivity contribution in [1.82, 2.24) is 4.98 Å². The molecule has 0 aliphatic heterocycles. The average Bonchev–Trinajstić information content (AvgIpc) is 2.27. The summed E-state index contributed by atoms with van der Waals surface area (Å²) in [6, 6.07) is 7.43. The molecular weight excluding hydrogens is 206 g/mol. The van der Waals surface area contributed by atoms with Crippen molar-refractivity contribution in [2.45, 2.75) is 18.6 Å². The predicted octanol–water partition coefficient (Wildman–Crippen LogP) is 2.51. The molecule has 1 rings (SSSR count). The van der Waals surface area contributed by atoms with Crippen molar-refractivity contribution >= 4 is 17.6 Å². The minimum Gasteiger partial charge on any atom is -0.369 e. The molecule has 1 aromatic heterocycles. The molecule has 0 fully saturated rings. The van der Waals surface area contributed by atoms with E-state index in [0.717, 1.165) is 12.4 Å². The first-order chi connectivity index (χ1) is 7.07. The van der Waals surface area contributed by atoms with Crippen molar-refractivity contribution in [3.63, 3.8) is 0 Å². The highest BCUT2D eigenvalue weighted by molar-refractivity contribution is 7.99. The second kappa shape index (κ2) is 5.04. The lowest BCUT2D eigenvalue weighted by Crippen LogP contribution is -2.26. The molecule has 1 aromatic rings. The monoisotopic (exact) mass is 221 g/mol. The van der Waals surface area contributed by atoms with Gasteiger partial charge in [-0.05, 0) is 32.2 Å². The number of pyridine rings is 1. The van der Waals surface area contributed by atoms with E-state index in [2.05, 4.69) is 30.4 Å². The van der Waals surface area contributed by atoms with Gasteiger partial charge in [0.05, 0.1) is 0 Å². The Morgan fingerprint density at radius 3 is 2.87 bits per heavy atom. The van der Waals surface area contributed by atoms with Gasteiger partial charge in [-0.3, -0.25) is 0 Å². The van der Waals surface area contributed by atoms with Gasteiger partial charge in [0.1, 0.15) is 17.6 Å². The molecule has 0 aliphatic rings. The van der Waals surface area contributed by atoms with Crippen LogP contribution >= 0.6 is 11.8 Å². The molecule has 0 amide bonds. The number of aromatic nitrogens is 1. The number of nitriles is 1. The molecule has 0 spiro atoms. The van der Waals surface area contributed by atoms with Gasteiger partial charge in [-0.15, -0.1) is 0 Å². The number of nitrogens with one attached hydrogen (secondary N) is 1. The Kier molecular flexibility index (Phi) is 3.98. The first-order valence-corrected chi connectivity index (χ1v) is 5.96. The zero-order valence-corrected chi connectivity index (χ0v) is 10.1. The Bertz CT molecular complexity index is 368. The predicted molar refractivity (Wildman–Crippen MR) is 65.0 cm³/mol. The van der Waals surface area contributed by atoms with Crippen LogP contribution in [-0.4, -0.2) is 22.5 Å². The van der Waals surface area contributed by atoms with Crippen LogP contribution in [0.2, 0.25) is 0 Å². The second-order valence-corrected chi connectivity index (χ2v) is 5.35. The van der Waals surface area contributed by atoms with Gasteiger partial charge in [-0.1, -0.05) is 6.07 Å². The van der Waals surface area contributed by atoms with Crippen molar-refractivity contribution < 1.29 is 0 Å². The van der Waals surface area contributed by atoms with E-state index in [9.17, 15) is 0 Å². The van der Waals surface area contributed by atoms with Crippen molar-refractivity contribution in [1.29, 1.82) is 5.26 Å². The number of nitrogens with zero attached hydrogens (tertiary/aromatic N) is 2. The lowest BCUT2D eigenvalue weighted by molar-refractivity contribution is 0.750. The normalized spacial score (nSPS) is 10.8. The van der Waals surface area contributed by atoms with E-state index < -0.39 is 0 Å². The first kappa shape index (κ1) is 11.9. The Hall–Kier alpha value is -1.21. The highest BCUT2D eigenvalue weighted by Gasteiger charge is 2.15. The SMILES string of the molecule is CSC(C)(C)CNc1cccc(C#N)n1. The lowest BCUT2D eigenvalue weighted by atomic mass is 10.2. The molecule has 80 valence electrons. The topological polar surface area (TPSA) is 48.7 Å². The van der Waals surface area contributed by atoms with Gasteiger partial charge in [-0.25, -0.2) is 4.98 Å². The highest BCUT2D eigenvalue weighted by atomic mass is 32.2. The third-order valence-electron chi connectivity index (χ3n) is 2.11. The summed E-state index contributed by atoms with van der Waals surface area (Å²) in [5.74, 6) is 0.760. The van der Waals surface area contributed by atoms with E-state index in [-0.39, 0.29) is 4.75 Å². The molecule has 0 radical (unpaired) electrons. The number of rotatable bonds is 4. The summed E-state index contributed by atoms with van der Waals surface area (Å²) < 4.78 is 0.171. The summed E-state index contributed by atoms with van der Waals surface area (Å²) >= 11 is 1.80. The molecule has 3 nitrogen and oxygen atoms in total. The van der Waals surface area contributed by atoms with Crippen LogP contribution in [0.15, 0.2) is 18.2 Å². The van der Waals surface area contributed by atoms with Crippen LogP contribution in [0.5, 0.6) is 0 Å². The van der Waals surface area contributed by atoms with Gasteiger partial charge >= 0.3 is 0 Å². The van der Waals surface area contributed by atoms with Crippen LogP contribution in [0, 0.1) is 11.3 Å². The second-order valence-electron chi connectivity index (χ2n) is 3.84. The Morgan fingerprint density at radius 1 is 1.53 bits per heavy atom. The highest BCUT2D eigenvalue weighted by Crippen LogP contribution is 2.21. The maximum atomic E-state index is 8.69. The van der Waals surface area contributed by atoms with Gasteiger partial charge in [-0.2, -0.15) is 17.0 Å². The molecular formula is C11H15N3S. The number of thioether (sulfide) groups is 1. The zero-order valence-electron chi connectivity index (χ0n) is 9.24. The molecule has 0 aromatic carbocycles. The summed E-state index contributed by atoms with van der Waals surface area (Å²) in [6.45, 7) is 5.16. The van der Waals surface area contributed by atoms with Crippen LogP contribution in [0.1, 0.15) is 19.5 Å². The molecule has 1 N–H and O–H groups in total. The fraction of sp³-hybridized carbons (Fsp3) is 0.455. The molecule has 0 atom stereocenters. The Morgan fingerprint density at radius 2 is 2.27 bits per heavy atom. The van der Waals surface area contributed by atoms with Crippen molar-refractivity contribution in [3.8, 4) is 6.07 Å². The molecule has 0 saturated carbocycles. The van der Waals surface area contributed by atoms with Crippen molar-refractivity contribution in [2.75, 3.05) is 18.1 Å². The molecule has 0 saturated heterocycles. The molecule has 4 heteroatoms. The minimum atomic E-state index is 0.171. The summed E-state index contributed by atoms with van der Waals surface area (Å²) in [5.41, 5.74) is 0.446. The fourth-order valence-corrected chi connectivity index (χ4v) is 1.19. The molecule has 0 unspecified atom stereocenters. The molecule has 15 heavy (non-hydrogen) atoms. The van der Waals surface area contributed by atoms with Gasteiger partial charge in [0.2, 0.25) is 0 Å². The van der Waals surface area contributed by atoms with Gasteiger partial charge in [0.25, 0.3) is 0 Å². The van der Waals surface area contributed by atoms with Gasteiger partial charge in [0.15, 0.2) is 0 Å². The summed E-state index contributed by atoms with van der Waals surface area (Å²) in [6.07, 6.45) is 2.08. The van der Waals surface area contributed by atoms with Gasteiger partial charge < -0.3 is 5.32 Å². The van der Waals surface area contributed by atoms with Crippen LogP contribution < -0.4 is 5.32 Å². The average molecular weight is 221 g/mol. The summed E-state index contributed by atoms with van der Waals surface area (Å²) in [5, 5.41) is 11.9. The largest absolute Gasteiger partial charge is 0.369 e. The Balaban J connectivity index is 2.62. The van der Waals surface area contributed by atoms with Crippen LogP contribution in [0.25, 0.3) is 0 Å². The van der Waals surface area contributed by atoms with E-state index in [4.69, 9.17) is 5.26 Å². The maximum absolute atomic E-state index is 8.69. The first-order valence-electron chi connectivity index (χ1n) is 4.73. The Labute approximate surface area is 94.9 Å². The number of hydrogen-bond donors (Lipinski definition) is 1. The molecule has 0 bridgehead atoms. The molecule has 0 aliphatic carbocycles. The minimum absolute atomic E-state index is 0.171. The van der Waals surface area contributed by atoms with Crippen LogP contribution in [0.4, 0.5) is 5.82 Å². The maximum Gasteiger partial charge on any atom is 0.142 e. The smallest absolute Gasteiger partial charge is 0.142 e. The summed E-state index contributed by atoms with van der Waals surface area (Å²) in [4.78, 5) is 4.15. The van der Waals surface area contributed by atoms with E-state index >= 15 is 0 Å². The lowest BCUT2D eigenvalue weighted by Gasteiger charge is -2.22. The van der Waals surface area contributed by atoms with E-state index in [1.54, 1.807) is 17.8 Å². The van der Waals surface area contributed by atoms with Crippen LogP contribution in [0.3, 0.4) is 0 Å².